The van der Waals surface area contributed by atoms with Gasteiger partial charge in [0.15, 0.2) is 0 Å². The number of carbonyl (C=O) groups excluding carboxylic acids is 1. The van der Waals surface area contributed by atoms with Gasteiger partial charge in [0.05, 0.1) is 62.2 Å². The number of pyridine rings is 3. The number of aliphatic imine (C=N–C) groups is 4. The van der Waals surface area contributed by atoms with E-state index in [1.165, 1.54) is 0 Å². The van der Waals surface area contributed by atoms with Crippen molar-refractivity contribution in [2.45, 2.75) is 0 Å². The SMILES string of the molecule is O=C(Nc1ccc(C2=C3C=CC(=N3)C(c3ccnc4ccccc34)=C3C=CC(=N3)C(c3ccnc4ccccc34)=C3C=CC(=N3)C(c3ccnc4ccccc34)=C3C=CC2=N3)cc1)c1ccccc1. The van der Waals surface area contributed by atoms with Gasteiger partial charge in [0.1, 0.15) is 0 Å². The summed E-state index contributed by atoms with van der Waals surface area (Å²) in [5.41, 5.74) is 17.0. The summed E-state index contributed by atoms with van der Waals surface area (Å²) in [7, 11) is 0. The second kappa shape index (κ2) is 16.4. The van der Waals surface area contributed by atoms with E-state index in [2.05, 4.69) is 78.2 Å². The Hall–Kier alpha value is -9.60. The molecule has 0 saturated heterocycles. The van der Waals surface area contributed by atoms with Gasteiger partial charge < -0.3 is 5.32 Å². The normalized spacial score (nSPS) is 16.1. The number of hydrogen-bond acceptors (Lipinski definition) is 8. The fourth-order valence-electron chi connectivity index (χ4n) is 9.67. The summed E-state index contributed by atoms with van der Waals surface area (Å²) in [6.45, 7) is 0. The molecule has 13 rings (SSSR count). The van der Waals surface area contributed by atoms with Crippen LogP contribution < -0.4 is 5.32 Å². The summed E-state index contributed by atoms with van der Waals surface area (Å²) >= 11 is 0. The molecule has 0 atom stereocenters. The Morgan fingerprint density at radius 3 is 1.13 bits per heavy atom. The lowest BCUT2D eigenvalue weighted by Crippen LogP contribution is -2.11. The van der Waals surface area contributed by atoms with Crippen LogP contribution in [0.3, 0.4) is 0 Å². The van der Waals surface area contributed by atoms with Crippen molar-refractivity contribution < 1.29 is 4.79 Å². The monoisotopic (exact) mass is 884 g/mol. The zero-order chi connectivity index (χ0) is 45.8. The average Bonchev–Trinajstić information content (AvgIpc) is 4.26. The Morgan fingerprint density at radius 1 is 0.348 bits per heavy atom. The molecule has 0 radical (unpaired) electrons. The fourth-order valence-corrected chi connectivity index (χ4v) is 9.67. The summed E-state index contributed by atoms with van der Waals surface area (Å²) in [6.07, 6.45) is 22.1. The zero-order valence-corrected chi connectivity index (χ0v) is 36.7. The molecule has 0 unspecified atom stereocenters. The number of fused-ring (bicyclic) bond motifs is 7. The van der Waals surface area contributed by atoms with E-state index in [-0.39, 0.29) is 5.91 Å². The number of benzene rings is 5. The summed E-state index contributed by atoms with van der Waals surface area (Å²) < 4.78 is 0. The molecule has 5 aliphatic rings. The smallest absolute Gasteiger partial charge is 0.255 e. The summed E-state index contributed by atoms with van der Waals surface area (Å²) in [5.74, 6) is -0.184. The van der Waals surface area contributed by atoms with Crippen molar-refractivity contribution in [2.75, 3.05) is 5.32 Å². The first kappa shape index (κ1) is 39.7. The Bertz CT molecular complexity index is 3870. The quantitative estimate of drug-likeness (QED) is 0.179. The van der Waals surface area contributed by atoms with E-state index in [0.717, 1.165) is 123 Å². The molecule has 69 heavy (non-hydrogen) atoms. The Kier molecular flexibility index (Phi) is 9.43. The van der Waals surface area contributed by atoms with Crippen molar-refractivity contribution in [1.82, 2.24) is 15.0 Å². The van der Waals surface area contributed by atoms with E-state index in [1.807, 2.05) is 128 Å². The lowest BCUT2D eigenvalue weighted by atomic mass is 9.95. The van der Waals surface area contributed by atoms with Crippen LogP contribution in [0.1, 0.15) is 32.6 Å². The first-order valence-electron chi connectivity index (χ1n) is 22.7. The van der Waals surface area contributed by atoms with Crippen molar-refractivity contribution in [2.24, 2.45) is 20.0 Å². The number of allylic oxidation sites excluding steroid dienone is 12. The maximum Gasteiger partial charge on any atom is 0.255 e. The van der Waals surface area contributed by atoms with Crippen LogP contribution in [0.5, 0.6) is 0 Å². The van der Waals surface area contributed by atoms with Crippen LogP contribution in [0.15, 0.2) is 256 Å². The number of rotatable bonds is 6. The molecule has 5 aliphatic heterocycles. The van der Waals surface area contributed by atoms with E-state index in [9.17, 15) is 4.79 Å². The third-order valence-corrected chi connectivity index (χ3v) is 12.8. The molecular formula is C60H36N8O. The maximum atomic E-state index is 13.2. The van der Waals surface area contributed by atoms with Gasteiger partial charge in [-0.05, 0) is 132 Å². The number of aromatic nitrogens is 3. The van der Waals surface area contributed by atoms with Gasteiger partial charge in [-0.1, -0.05) is 84.9 Å². The molecule has 322 valence electrons. The molecule has 0 aliphatic carbocycles. The van der Waals surface area contributed by atoms with Crippen molar-refractivity contribution in [3.8, 4) is 0 Å². The molecule has 1 amide bonds. The maximum absolute atomic E-state index is 13.2. The molecule has 8 bridgehead atoms. The standard InChI is InChI=1S/C60H36N8O/c69-60(37-10-2-1-3-11-37)64-38-20-18-36(19-21-38)56-48-22-24-50(65-48)57(42-30-33-61-45-15-7-4-12-39(42)45)52-26-28-54(67-52)59(44-32-35-63-47-17-9-6-14-41(44)47)55-29-27-53(68-55)58(51-25-23-49(56)66-51)43-31-34-62-46-16-8-5-13-40(43)46/h1-35H,(H,64,69). The highest BCUT2D eigenvalue weighted by Gasteiger charge is 2.29. The van der Waals surface area contributed by atoms with Crippen LogP contribution in [0.25, 0.3) is 55.0 Å². The zero-order valence-electron chi connectivity index (χ0n) is 36.7. The molecule has 9 nitrogen and oxygen atoms in total. The third-order valence-electron chi connectivity index (χ3n) is 12.8. The van der Waals surface area contributed by atoms with Crippen LogP contribution >= 0.6 is 0 Å². The van der Waals surface area contributed by atoms with Gasteiger partial charge in [-0.2, -0.15) is 0 Å². The van der Waals surface area contributed by atoms with E-state index >= 15 is 0 Å². The topological polar surface area (TPSA) is 117 Å². The van der Waals surface area contributed by atoms with Gasteiger partial charge in [0, 0.05) is 68.3 Å². The minimum atomic E-state index is -0.184. The number of nitrogens with zero attached hydrogens (tertiary/aromatic N) is 7. The first-order valence-corrected chi connectivity index (χ1v) is 22.7. The number of hydrogen-bond donors (Lipinski definition) is 1. The number of amides is 1. The largest absolute Gasteiger partial charge is 0.322 e. The highest BCUT2D eigenvalue weighted by Crippen LogP contribution is 2.41. The van der Waals surface area contributed by atoms with Crippen LogP contribution in [-0.4, -0.2) is 43.7 Å². The van der Waals surface area contributed by atoms with Gasteiger partial charge in [0.2, 0.25) is 0 Å². The molecule has 3 aromatic heterocycles. The first-order chi connectivity index (χ1) is 34.1. The Morgan fingerprint density at radius 2 is 0.710 bits per heavy atom. The Balaban J connectivity index is 1.08. The summed E-state index contributed by atoms with van der Waals surface area (Å²) in [5, 5.41) is 6.01. The van der Waals surface area contributed by atoms with Gasteiger partial charge in [-0.25, -0.2) is 20.0 Å². The molecule has 0 saturated carbocycles. The molecule has 9 heteroatoms. The third kappa shape index (κ3) is 6.96. The second-order valence-corrected chi connectivity index (χ2v) is 16.9. The predicted octanol–water partition coefficient (Wildman–Crippen LogP) is 12.6. The van der Waals surface area contributed by atoms with Crippen LogP contribution in [-0.2, 0) is 0 Å². The number of para-hydroxylation sites is 3. The molecule has 0 fully saturated rings. The average molecular weight is 885 g/mol. The van der Waals surface area contributed by atoms with Crippen molar-refractivity contribution >= 4 is 89.4 Å². The van der Waals surface area contributed by atoms with Crippen molar-refractivity contribution in [3.05, 3.63) is 263 Å². The minimum Gasteiger partial charge on any atom is -0.322 e. The van der Waals surface area contributed by atoms with Crippen LogP contribution in [0, 0.1) is 0 Å². The van der Waals surface area contributed by atoms with Crippen molar-refractivity contribution in [3.63, 3.8) is 0 Å². The molecular weight excluding hydrogens is 849 g/mol. The molecule has 5 aromatic carbocycles. The number of carbonyl (C=O) groups is 1. The molecule has 8 aromatic rings. The fraction of sp³-hybridized carbons (Fsp3) is 0. The predicted molar refractivity (Wildman–Crippen MR) is 280 cm³/mol. The van der Waals surface area contributed by atoms with E-state index < -0.39 is 0 Å². The lowest BCUT2D eigenvalue weighted by molar-refractivity contribution is 0.102. The van der Waals surface area contributed by atoms with Gasteiger partial charge in [-0.3, -0.25) is 19.7 Å². The van der Waals surface area contributed by atoms with E-state index in [0.29, 0.717) is 11.3 Å². The van der Waals surface area contributed by atoms with Gasteiger partial charge in [-0.15, -0.1) is 0 Å². The summed E-state index contributed by atoms with van der Waals surface area (Å²) in [6, 6.07) is 47.7. The summed E-state index contributed by atoms with van der Waals surface area (Å²) in [4.78, 5) is 49.5. The van der Waals surface area contributed by atoms with Crippen LogP contribution in [0.2, 0.25) is 0 Å². The lowest BCUT2D eigenvalue weighted by Gasteiger charge is -2.14. The van der Waals surface area contributed by atoms with Gasteiger partial charge in [0.25, 0.3) is 5.91 Å². The highest BCUT2D eigenvalue weighted by atomic mass is 16.1. The van der Waals surface area contributed by atoms with E-state index in [1.54, 1.807) is 12.1 Å². The minimum absolute atomic E-state index is 0.184. The number of nitrogens with one attached hydrogen (secondary N) is 1. The van der Waals surface area contributed by atoms with E-state index in [4.69, 9.17) is 34.9 Å². The molecule has 8 heterocycles. The highest BCUT2D eigenvalue weighted by molar-refractivity contribution is 6.41. The van der Waals surface area contributed by atoms with Crippen LogP contribution in [0.4, 0.5) is 5.69 Å². The number of anilines is 1. The molecule has 1 N–H and O–H groups in total. The second-order valence-electron chi connectivity index (χ2n) is 16.9. The molecule has 0 spiro atoms. The van der Waals surface area contributed by atoms with Gasteiger partial charge >= 0.3 is 0 Å². The Labute approximate surface area is 396 Å². The van der Waals surface area contributed by atoms with Crippen molar-refractivity contribution in [1.29, 1.82) is 0 Å².